The molecule has 0 bridgehead atoms. The summed E-state index contributed by atoms with van der Waals surface area (Å²) in [5.41, 5.74) is -4.20. The van der Waals surface area contributed by atoms with Crippen LogP contribution in [-0.2, 0) is 4.74 Å². The van der Waals surface area contributed by atoms with Crippen molar-refractivity contribution in [3.63, 3.8) is 0 Å². The molecule has 1 aliphatic rings. The van der Waals surface area contributed by atoms with Gasteiger partial charge in [-0.25, -0.2) is 9.18 Å². The van der Waals surface area contributed by atoms with Gasteiger partial charge in [-0.05, 0) is 31.4 Å². The summed E-state index contributed by atoms with van der Waals surface area (Å²) in [6, 6.07) is 1.07. The van der Waals surface area contributed by atoms with Gasteiger partial charge >= 0.3 is 5.69 Å². The predicted octanol–water partition coefficient (Wildman–Crippen LogP) is -0.608. The van der Waals surface area contributed by atoms with Gasteiger partial charge in [-0.1, -0.05) is 0 Å². The Morgan fingerprint density at radius 1 is 1.59 bits per heavy atom. The maximum absolute atomic E-state index is 15.1. The third-order valence-electron chi connectivity index (χ3n) is 3.50. The molecule has 0 amide bonds. The molecule has 2 heterocycles. The van der Waals surface area contributed by atoms with Gasteiger partial charge in [-0.15, -0.1) is 0 Å². The lowest BCUT2D eigenvalue weighted by Gasteiger charge is -2.25. The number of H-pyrrole nitrogens is 1. The first-order valence-electron chi connectivity index (χ1n) is 6.38. The van der Waals surface area contributed by atoms with Crippen LogP contribution in [-0.4, -0.2) is 43.7 Å². The van der Waals surface area contributed by atoms with Gasteiger partial charge in [0, 0.05) is 17.1 Å². The summed E-state index contributed by atoms with van der Waals surface area (Å²) >= 11 is 5.25. The molecule has 7 nitrogen and oxygen atoms in total. The molecule has 1 aliphatic heterocycles. The fourth-order valence-corrected chi connectivity index (χ4v) is 2.60. The fourth-order valence-electron chi connectivity index (χ4n) is 2.45. The minimum Gasteiger partial charge on any atom is -0.391 e. The molecule has 3 N–H and O–H groups in total. The van der Waals surface area contributed by atoms with E-state index < -0.39 is 41.5 Å². The molecule has 1 aromatic rings. The molecular formula is C13H14ClFN2O5. The van der Waals surface area contributed by atoms with Crippen molar-refractivity contribution in [2.75, 3.05) is 0 Å². The maximum Gasteiger partial charge on any atom is 0.330 e. The second kappa shape index (κ2) is 5.85. The monoisotopic (exact) mass is 332 g/mol. The molecule has 1 unspecified atom stereocenters. The fraction of sp³-hybridized carbons (Fsp3) is 0.538. The molecular weight excluding hydrogens is 319 g/mol. The van der Waals surface area contributed by atoms with Gasteiger partial charge in [0.05, 0.1) is 6.10 Å². The van der Waals surface area contributed by atoms with Crippen LogP contribution in [0.4, 0.5) is 4.39 Å². The van der Waals surface area contributed by atoms with Crippen LogP contribution in [0.2, 0.25) is 0 Å². The largest absolute Gasteiger partial charge is 0.391 e. The summed E-state index contributed by atoms with van der Waals surface area (Å²) in [5.74, 6) is 1.98. The quantitative estimate of drug-likeness (QED) is 0.627. The Labute approximate surface area is 129 Å². The van der Waals surface area contributed by atoms with E-state index in [1.165, 1.54) is 13.8 Å². The Morgan fingerprint density at radius 3 is 2.73 bits per heavy atom. The van der Waals surface area contributed by atoms with Crippen molar-refractivity contribution in [3.05, 3.63) is 32.6 Å². The molecule has 0 saturated carbocycles. The highest BCUT2D eigenvalue weighted by molar-refractivity contribution is 6.30. The molecule has 0 spiro atoms. The van der Waals surface area contributed by atoms with Crippen molar-refractivity contribution < 1.29 is 19.3 Å². The van der Waals surface area contributed by atoms with E-state index in [9.17, 15) is 19.8 Å². The van der Waals surface area contributed by atoms with Crippen molar-refractivity contribution in [2.45, 2.75) is 44.1 Å². The van der Waals surface area contributed by atoms with Crippen LogP contribution in [0.15, 0.2) is 15.7 Å². The molecule has 1 fully saturated rings. The number of hydrogen-bond donors (Lipinski definition) is 3. The van der Waals surface area contributed by atoms with Gasteiger partial charge in [0.25, 0.3) is 5.56 Å². The van der Waals surface area contributed by atoms with E-state index in [1.54, 1.807) is 0 Å². The third-order valence-corrected chi connectivity index (χ3v) is 3.60. The average molecular weight is 333 g/mol. The molecule has 0 aliphatic carbocycles. The number of aromatic nitrogens is 2. The van der Waals surface area contributed by atoms with Crippen LogP contribution < -0.4 is 11.2 Å². The summed E-state index contributed by atoms with van der Waals surface area (Å²) in [5, 5.41) is 21.5. The standard InChI is InChI=1S/C13H14ClFN2O5/c1-6-5-8(19)16-12(21)17(6)11-13(15,3-4-14)10(20)9(22-11)7(2)18/h5,7,9-11,18,20H,1-2H3,(H,16,19,21)/t7-,9+,10?,11+,13+/m0/s1. The van der Waals surface area contributed by atoms with Crippen LogP contribution >= 0.6 is 11.6 Å². The molecule has 2 rings (SSSR count). The van der Waals surface area contributed by atoms with Crippen molar-refractivity contribution in [3.8, 4) is 11.3 Å². The molecule has 1 aromatic heterocycles. The minimum atomic E-state index is -2.73. The lowest BCUT2D eigenvalue weighted by molar-refractivity contribution is -0.0809. The summed E-state index contributed by atoms with van der Waals surface area (Å²) < 4.78 is 21.2. The number of aromatic amines is 1. The highest BCUT2D eigenvalue weighted by Gasteiger charge is 2.59. The maximum atomic E-state index is 15.1. The number of rotatable bonds is 2. The topological polar surface area (TPSA) is 105 Å². The molecule has 5 atom stereocenters. The van der Waals surface area contributed by atoms with Crippen LogP contribution in [0.3, 0.4) is 0 Å². The van der Waals surface area contributed by atoms with Gasteiger partial charge in [-0.2, -0.15) is 0 Å². The number of aliphatic hydroxyl groups excluding tert-OH is 2. The highest BCUT2D eigenvalue weighted by atomic mass is 35.5. The van der Waals surface area contributed by atoms with E-state index in [0.29, 0.717) is 0 Å². The zero-order valence-electron chi connectivity index (χ0n) is 11.7. The molecule has 0 aromatic carbocycles. The first-order chi connectivity index (χ1) is 10.2. The number of hydrogen-bond acceptors (Lipinski definition) is 5. The van der Waals surface area contributed by atoms with Crippen molar-refractivity contribution in [1.29, 1.82) is 0 Å². The van der Waals surface area contributed by atoms with E-state index in [1.807, 2.05) is 16.3 Å². The number of aryl methyl sites for hydroxylation is 1. The molecule has 22 heavy (non-hydrogen) atoms. The van der Waals surface area contributed by atoms with Gasteiger partial charge in [0.1, 0.15) is 12.2 Å². The summed E-state index contributed by atoms with van der Waals surface area (Å²) in [4.78, 5) is 25.2. The lowest BCUT2D eigenvalue weighted by atomic mass is 9.95. The number of alkyl halides is 1. The second-order valence-corrected chi connectivity index (χ2v) is 5.27. The second-order valence-electron chi connectivity index (χ2n) is 5.08. The van der Waals surface area contributed by atoms with Crippen LogP contribution in [0.5, 0.6) is 0 Å². The van der Waals surface area contributed by atoms with Crippen LogP contribution in [0, 0.1) is 18.2 Å². The van der Waals surface area contributed by atoms with Gasteiger partial charge in [0.15, 0.2) is 6.23 Å². The number of aliphatic hydroxyl groups is 2. The summed E-state index contributed by atoms with van der Waals surface area (Å²) in [7, 11) is 0. The van der Waals surface area contributed by atoms with Crippen molar-refractivity contribution in [1.82, 2.24) is 9.55 Å². The first-order valence-corrected chi connectivity index (χ1v) is 6.76. The Balaban J connectivity index is 2.64. The lowest BCUT2D eigenvalue weighted by Crippen LogP contribution is -2.46. The number of nitrogens with zero attached hydrogens (tertiary/aromatic N) is 1. The molecule has 9 heteroatoms. The van der Waals surface area contributed by atoms with Gasteiger partial charge in [-0.3, -0.25) is 14.3 Å². The Morgan fingerprint density at radius 2 is 2.23 bits per heavy atom. The zero-order chi connectivity index (χ0) is 16.7. The normalized spacial score (nSPS) is 32.4. The first kappa shape index (κ1) is 16.7. The van der Waals surface area contributed by atoms with Crippen LogP contribution in [0.1, 0.15) is 18.8 Å². The van der Waals surface area contributed by atoms with Crippen LogP contribution in [0.25, 0.3) is 0 Å². The van der Waals surface area contributed by atoms with E-state index >= 15 is 4.39 Å². The third kappa shape index (κ3) is 2.57. The molecule has 0 radical (unpaired) electrons. The number of halogens is 2. The number of ether oxygens (including phenoxy) is 1. The Kier molecular flexibility index (Phi) is 4.44. The Hall–Kier alpha value is -1.66. The average Bonchev–Trinajstić information content (AvgIpc) is 2.63. The number of nitrogens with one attached hydrogen (secondary N) is 1. The molecule has 1 saturated heterocycles. The van der Waals surface area contributed by atoms with E-state index in [-0.39, 0.29) is 5.69 Å². The van der Waals surface area contributed by atoms with E-state index in [0.717, 1.165) is 10.6 Å². The smallest absolute Gasteiger partial charge is 0.330 e. The van der Waals surface area contributed by atoms with Gasteiger partial charge < -0.3 is 14.9 Å². The minimum absolute atomic E-state index is 0.107. The zero-order valence-corrected chi connectivity index (χ0v) is 12.5. The predicted molar refractivity (Wildman–Crippen MR) is 75.1 cm³/mol. The SMILES string of the molecule is Cc1cc(=O)[nH]c(=O)n1[C@@H]1O[C@H]([C@H](C)O)C(O)[C@]1(F)C#CCl. The van der Waals surface area contributed by atoms with Crippen molar-refractivity contribution in [2.24, 2.45) is 0 Å². The van der Waals surface area contributed by atoms with Gasteiger partial charge in [0.2, 0.25) is 5.67 Å². The van der Waals surface area contributed by atoms with E-state index in [4.69, 9.17) is 16.3 Å². The summed E-state index contributed by atoms with van der Waals surface area (Å²) in [6.07, 6.45) is -6.03. The molecule has 120 valence electrons. The summed E-state index contributed by atoms with van der Waals surface area (Å²) in [6.45, 7) is 2.70. The van der Waals surface area contributed by atoms with Crippen molar-refractivity contribution >= 4 is 11.6 Å². The highest BCUT2D eigenvalue weighted by Crippen LogP contribution is 2.42. The Bertz CT molecular complexity index is 749. The van der Waals surface area contributed by atoms with E-state index in [2.05, 4.69) is 0 Å².